The lowest BCUT2D eigenvalue weighted by molar-refractivity contribution is -0.140. The highest BCUT2D eigenvalue weighted by Crippen LogP contribution is 2.29. The van der Waals surface area contributed by atoms with Crippen LogP contribution in [0.2, 0.25) is 10.0 Å². The summed E-state index contributed by atoms with van der Waals surface area (Å²) in [5, 5.41) is 3.68. The topological polar surface area (TPSA) is 86.8 Å². The lowest BCUT2D eigenvalue weighted by atomic mass is 10.0. The highest BCUT2D eigenvalue weighted by atomic mass is 35.5. The van der Waals surface area contributed by atoms with Crippen LogP contribution in [0, 0.1) is 13.8 Å². The number of nitrogens with one attached hydrogen (secondary N) is 1. The normalized spacial score (nSPS) is 12.9. The van der Waals surface area contributed by atoms with Gasteiger partial charge in [0.2, 0.25) is 21.8 Å². The van der Waals surface area contributed by atoms with E-state index in [1.165, 1.54) is 4.90 Å². The number of hydrogen-bond donors (Lipinski definition) is 1. The first kappa shape index (κ1) is 32.4. The summed E-state index contributed by atoms with van der Waals surface area (Å²) in [7, 11) is -3.87. The van der Waals surface area contributed by atoms with Crippen molar-refractivity contribution in [3.8, 4) is 0 Å². The zero-order valence-electron chi connectivity index (χ0n) is 24.0. The molecule has 3 aromatic rings. The maximum atomic E-state index is 14.2. The molecule has 0 spiro atoms. The Morgan fingerprint density at radius 2 is 1.59 bits per heavy atom. The molecule has 0 saturated heterocycles. The standard InChI is InChI=1S/C31H37Cl2N3O4S/c1-6-23(4)34-31(38)29(18-24-11-8-7-9-12-24)35(19-25-26(32)13-10-14-27(25)33)30(37)20-36(41(5,39)40)28-17-21(2)15-16-22(28)3/h7-17,23,29H,6,18-20H2,1-5H3,(H,34,38)/t23-,29+/m0/s1. The minimum Gasteiger partial charge on any atom is -0.352 e. The van der Waals surface area contributed by atoms with Crippen molar-refractivity contribution >= 4 is 50.7 Å². The summed E-state index contributed by atoms with van der Waals surface area (Å²) in [4.78, 5) is 29.4. The van der Waals surface area contributed by atoms with E-state index in [0.717, 1.165) is 21.7 Å². The van der Waals surface area contributed by atoms with Crippen LogP contribution in [-0.2, 0) is 32.6 Å². The van der Waals surface area contributed by atoms with Crippen LogP contribution >= 0.6 is 23.2 Å². The molecule has 3 aromatic carbocycles. The first-order valence-electron chi connectivity index (χ1n) is 13.4. The minimum absolute atomic E-state index is 0.0901. The van der Waals surface area contributed by atoms with Gasteiger partial charge in [0.25, 0.3) is 0 Å². The third-order valence-corrected chi connectivity index (χ3v) is 8.81. The highest BCUT2D eigenvalue weighted by molar-refractivity contribution is 7.92. The van der Waals surface area contributed by atoms with Gasteiger partial charge in [0, 0.05) is 34.6 Å². The third kappa shape index (κ3) is 8.71. The van der Waals surface area contributed by atoms with Crippen molar-refractivity contribution in [1.29, 1.82) is 0 Å². The van der Waals surface area contributed by atoms with Gasteiger partial charge in [-0.15, -0.1) is 0 Å². The molecule has 1 N–H and O–H groups in total. The van der Waals surface area contributed by atoms with Crippen molar-refractivity contribution in [3.05, 3.63) is 99.0 Å². The largest absolute Gasteiger partial charge is 0.352 e. The monoisotopic (exact) mass is 617 g/mol. The van der Waals surface area contributed by atoms with E-state index in [0.29, 0.717) is 33.3 Å². The number of sulfonamides is 1. The van der Waals surface area contributed by atoms with Crippen LogP contribution in [0.3, 0.4) is 0 Å². The Morgan fingerprint density at radius 3 is 2.17 bits per heavy atom. The summed E-state index contributed by atoms with van der Waals surface area (Å²) >= 11 is 13.0. The molecule has 10 heteroatoms. The first-order chi connectivity index (χ1) is 19.3. The first-order valence-corrected chi connectivity index (χ1v) is 16.0. The molecule has 2 amide bonds. The van der Waals surface area contributed by atoms with Crippen molar-refractivity contribution in [2.75, 3.05) is 17.1 Å². The molecule has 0 aromatic heterocycles. The van der Waals surface area contributed by atoms with Gasteiger partial charge < -0.3 is 10.2 Å². The second-order valence-corrected chi connectivity index (χ2v) is 13.0. The maximum Gasteiger partial charge on any atom is 0.244 e. The number of amides is 2. The van der Waals surface area contributed by atoms with Crippen molar-refractivity contribution in [1.82, 2.24) is 10.2 Å². The maximum absolute atomic E-state index is 14.2. The average Bonchev–Trinajstić information content (AvgIpc) is 2.91. The van der Waals surface area contributed by atoms with E-state index in [-0.39, 0.29) is 24.9 Å². The summed E-state index contributed by atoms with van der Waals surface area (Å²) in [5.41, 5.74) is 3.26. The van der Waals surface area contributed by atoms with Crippen LogP contribution in [-0.4, -0.2) is 50.0 Å². The van der Waals surface area contributed by atoms with E-state index in [1.54, 1.807) is 31.2 Å². The Balaban J connectivity index is 2.13. The Kier molecular flexibility index (Phi) is 11.2. The van der Waals surface area contributed by atoms with Crippen molar-refractivity contribution < 1.29 is 18.0 Å². The van der Waals surface area contributed by atoms with Gasteiger partial charge in [0.1, 0.15) is 12.6 Å². The van der Waals surface area contributed by atoms with Crippen molar-refractivity contribution in [3.63, 3.8) is 0 Å². The van der Waals surface area contributed by atoms with Gasteiger partial charge in [-0.3, -0.25) is 13.9 Å². The Bertz CT molecular complexity index is 1460. The van der Waals surface area contributed by atoms with Gasteiger partial charge in [-0.25, -0.2) is 8.42 Å². The molecule has 0 fully saturated rings. The van der Waals surface area contributed by atoms with Crippen LogP contribution in [0.15, 0.2) is 66.7 Å². The Labute approximate surface area is 253 Å². The highest BCUT2D eigenvalue weighted by Gasteiger charge is 2.34. The number of anilines is 1. The predicted molar refractivity (Wildman–Crippen MR) is 167 cm³/mol. The number of halogens is 2. The zero-order valence-corrected chi connectivity index (χ0v) is 26.4. The average molecular weight is 619 g/mol. The molecular formula is C31H37Cl2N3O4S. The van der Waals surface area contributed by atoms with Gasteiger partial charge in [-0.1, -0.05) is 78.7 Å². The smallest absolute Gasteiger partial charge is 0.244 e. The van der Waals surface area contributed by atoms with Gasteiger partial charge >= 0.3 is 0 Å². The number of carbonyl (C=O) groups excluding carboxylic acids is 2. The van der Waals surface area contributed by atoms with Gasteiger partial charge in [-0.05, 0) is 62.1 Å². The summed E-state index contributed by atoms with van der Waals surface area (Å²) in [5.74, 6) is -0.912. The molecule has 0 unspecified atom stereocenters. The van der Waals surface area contributed by atoms with Crippen LogP contribution in [0.25, 0.3) is 0 Å². The van der Waals surface area contributed by atoms with Gasteiger partial charge in [-0.2, -0.15) is 0 Å². The van der Waals surface area contributed by atoms with Crippen molar-refractivity contribution in [2.24, 2.45) is 0 Å². The molecule has 0 bridgehead atoms. The van der Waals surface area contributed by atoms with E-state index < -0.39 is 28.5 Å². The lowest BCUT2D eigenvalue weighted by Crippen LogP contribution is -2.54. The van der Waals surface area contributed by atoms with E-state index in [1.807, 2.05) is 63.2 Å². The molecule has 0 saturated carbocycles. The summed E-state index contributed by atoms with van der Waals surface area (Å²) in [6.45, 7) is 6.89. The fourth-order valence-electron chi connectivity index (χ4n) is 4.43. The fourth-order valence-corrected chi connectivity index (χ4v) is 5.85. The predicted octanol–water partition coefficient (Wildman–Crippen LogP) is 5.93. The molecule has 2 atom stereocenters. The summed E-state index contributed by atoms with van der Waals surface area (Å²) in [6.07, 6.45) is 1.97. The quantitative estimate of drug-likeness (QED) is 0.273. The second-order valence-electron chi connectivity index (χ2n) is 10.3. The van der Waals surface area contributed by atoms with E-state index in [4.69, 9.17) is 23.2 Å². The van der Waals surface area contributed by atoms with E-state index in [2.05, 4.69) is 5.32 Å². The van der Waals surface area contributed by atoms with Crippen molar-refractivity contribution in [2.45, 2.75) is 59.2 Å². The molecule has 0 aliphatic carbocycles. The summed E-state index contributed by atoms with van der Waals surface area (Å²) < 4.78 is 27.2. The number of nitrogens with zero attached hydrogens (tertiary/aromatic N) is 2. The zero-order chi connectivity index (χ0) is 30.3. The van der Waals surface area contributed by atoms with Gasteiger partial charge in [0.05, 0.1) is 11.9 Å². The third-order valence-electron chi connectivity index (χ3n) is 6.97. The number of carbonyl (C=O) groups is 2. The Morgan fingerprint density at radius 1 is 0.951 bits per heavy atom. The second kappa shape index (κ2) is 14.2. The van der Waals surface area contributed by atoms with Crippen LogP contribution in [0.1, 0.15) is 42.5 Å². The van der Waals surface area contributed by atoms with Crippen LogP contribution in [0.5, 0.6) is 0 Å². The molecule has 0 heterocycles. The van der Waals surface area contributed by atoms with E-state index >= 15 is 0 Å². The molecule has 220 valence electrons. The molecule has 0 aliphatic heterocycles. The summed E-state index contributed by atoms with van der Waals surface area (Å²) in [6, 6.07) is 18.7. The molecule has 0 radical (unpaired) electrons. The number of hydrogen-bond acceptors (Lipinski definition) is 4. The molecule has 7 nitrogen and oxygen atoms in total. The number of rotatable bonds is 12. The molecular weight excluding hydrogens is 581 g/mol. The number of aryl methyl sites for hydroxylation is 2. The Hall–Kier alpha value is -3.07. The molecule has 41 heavy (non-hydrogen) atoms. The minimum atomic E-state index is -3.87. The van der Waals surface area contributed by atoms with Gasteiger partial charge in [0.15, 0.2) is 0 Å². The number of benzene rings is 3. The van der Waals surface area contributed by atoms with E-state index in [9.17, 15) is 18.0 Å². The van der Waals surface area contributed by atoms with Crippen LogP contribution in [0.4, 0.5) is 5.69 Å². The fraction of sp³-hybridized carbons (Fsp3) is 0.355. The molecule has 0 aliphatic rings. The lowest BCUT2D eigenvalue weighted by Gasteiger charge is -2.34. The molecule has 3 rings (SSSR count). The van der Waals surface area contributed by atoms with Crippen LogP contribution < -0.4 is 9.62 Å². The SMILES string of the molecule is CC[C@H](C)NC(=O)[C@@H](Cc1ccccc1)N(Cc1c(Cl)cccc1Cl)C(=O)CN(c1cc(C)ccc1C)S(C)(=O)=O.